The lowest BCUT2D eigenvalue weighted by Gasteiger charge is -2.29. The van der Waals surface area contributed by atoms with Crippen molar-refractivity contribution in [2.24, 2.45) is 0 Å². The zero-order valence-electron chi connectivity index (χ0n) is 13.8. The Kier molecular flexibility index (Phi) is 4.89. The van der Waals surface area contributed by atoms with Crippen LogP contribution < -0.4 is 5.32 Å². The number of ether oxygens (including phenoxy) is 1. The molecule has 1 aromatic carbocycles. The van der Waals surface area contributed by atoms with Gasteiger partial charge in [0.25, 0.3) is 0 Å². The van der Waals surface area contributed by atoms with E-state index in [1.165, 1.54) is 0 Å². The van der Waals surface area contributed by atoms with Gasteiger partial charge in [0.05, 0.1) is 23.7 Å². The molecule has 0 saturated carbocycles. The second kappa shape index (κ2) is 6.69. The lowest BCUT2D eigenvalue weighted by molar-refractivity contribution is -0.138. The van der Waals surface area contributed by atoms with Gasteiger partial charge in [-0.25, -0.2) is 9.59 Å². The van der Waals surface area contributed by atoms with E-state index in [1.54, 1.807) is 20.8 Å². The SMILES string of the molecule is CCOC(=O)C1=C(C)NC(C)=C(C(=O)O)C1c1ccc(C)cc1. The monoisotopic (exact) mass is 315 g/mol. The molecule has 0 aliphatic carbocycles. The van der Waals surface area contributed by atoms with Crippen molar-refractivity contribution in [1.82, 2.24) is 5.32 Å². The van der Waals surface area contributed by atoms with E-state index in [9.17, 15) is 14.7 Å². The van der Waals surface area contributed by atoms with E-state index in [2.05, 4.69) is 5.32 Å². The Hall–Kier alpha value is -2.56. The number of esters is 1. The summed E-state index contributed by atoms with van der Waals surface area (Å²) in [5.41, 5.74) is 3.50. The average Bonchev–Trinajstić information content (AvgIpc) is 2.46. The molecule has 0 bridgehead atoms. The first-order valence-corrected chi connectivity index (χ1v) is 7.52. The molecular formula is C18H21NO4. The van der Waals surface area contributed by atoms with E-state index in [1.807, 2.05) is 31.2 Å². The first kappa shape index (κ1) is 16.8. The topological polar surface area (TPSA) is 75.6 Å². The maximum atomic E-state index is 12.4. The summed E-state index contributed by atoms with van der Waals surface area (Å²) in [4.78, 5) is 24.2. The predicted octanol–water partition coefficient (Wildman–Crippen LogP) is 2.88. The number of aliphatic carboxylic acids is 1. The lowest BCUT2D eigenvalue weighted by atomic mass is 9.80. The Balaban J connectivity index is 2.63. The predicted molar refractivity (Wildman–Crippen MR) is 86.7 cm³/mol. The number of carboxylic acid groups (broad SMARTS) is 1. The Morgan fingerprint density at radius 2 is 1.65 bits per heavy atom. The zero-order chi connectivity index (χ0) is 17.1. The summed E-state index contributed by atoms with van der Waals surface area (Å²) in [6, 6.07) is 7.52. The summed E-state index contributed by atoms with van der Waals surface area (Å²) in [6.45, 7) is 7.38. The van der Waals surface area contributed by atoms with E-state index >= 15 is 0 Å². The van der Waals surface area contributed by atoms with Gasteiger partial charge >= 0.3 is 11.9 Å². The number of aryl methyl sites for hydroxylation is 1. The third-order valence-corrected chi connectivity index (χ3v) is 3.90. The third-order valence-electron chi connectivity index (χ3n) is 3.90. The number of rotatable bonds is 4. The molecule has 1 unspecified atom stereocenters. The van der Waals surface area contributed by atoms with Gasteiger partial charge in [0.2, 0.25) is 0 Å². The van der Waals surface area contributed by atoms with Crippen molar-refractivity contribution in [2.45, 2.75) is 33.6 Å². The minimum Gasteiger partial charge on any atom is -0.478 e. The molecule has 0 aromatic heterocycles. The quantitative estimate of drug-likeness (QED) is 0.836. The molecular weight excluding hydrogens is 294 g/mol. The largest absolute Gasteiger partial charge is 0.478 e. The molecule has 1 aromatic rings. The van der Waals surface area contributed by atoms with Crippen LogP contribution in [0.4, 0.5) is 0 Å². The van der Waals surface area contributed by atoms with Crippen LogP contribution in [0.1, 0.15) is 37.8 Å². The maximum Gasteiger partial charge on any atom is 0.336 e. The molecule has 1 heterocycles. The van der Waals surface area contributed by atoms with Crippen molar-refractivity contribution in [3.8, 4) is 0 Å². The fourth-order valence-electron chi connectivity index (χ4n) is 2.85. The Bertz CT molecular complexity index is 698. The fourth-order valence-corrected chi connectivity index (χ4v) is 2.85. The third kappa shape index (κ3) is 3.28. The molecule has 1 aliphatic heterocycles. The van der Waals surface area contributed by atoms with Crippen LogP contribution in [0.2, 0.25) is 0 Å². The summed E-state index contributed by atoms with van der Waals surface area (Å²) in [7, 11) is 0. The molecule has 0 spiro atoms. The summed E-state index contributed by atoms with van der Waals surface area (Å²) < 4.78 is 5.14. The molecule has 23 heavy (non-hydrogen) atoms. The highest BCUT2D eigenvalue weighted by Gasteiger charge is 2.36. The van der Waals surface area contributed by atoms with Gasteiger partial charge in [0.1, 0.15) is 0 Å². The van der Waals surface area contributed by atoms with Crippen molar-refractivity contribution in [3.05, 3.63) is 57.9 Å². The van der Waals surface area contributed by atoms with Gasteiger partial charge in [-0.2, -0.15) is 0 Å². The van der Waals surface area contributed by atoms with Crippen LogP contribution in [-0.4, -0.2) is 23.7 Å². The maximum absolute atomic E-state index is 12.4. The summed E-state index contributed by atoms with van der Waals surface area (Å²) in [5, 5.41) is 12.6. The molecule has 2 rings (SSSR count). The Morgan fingerprint density at radius 1 is 1.09 bits per heavy atom. The van der Waals surface area contributed by atoms with E-state index in [0.29, 0.717) is 17.0 Å². The normalized spacial score (nSPS) is 17.8. The highest BCUT2D eigenvalue weighted by atomic mass is 16.5. The minimum absolute atomic E-state index is 0.169. The van der Waals surface area contributed by atoms with Crippen LogP contribution in [0.25, 0.3) is 0 Å². The van der Waals surface area contributed by atoms with E-state index in [4.69, 9.17) is 4.74 Å². The van der Waals surface area contributed by atoms with Gasteiger partial charge in [-0.1, -0.05) is 29.8 Å². The first-order chi connectivity index (χ1) is 10.9. The molecule has 1 aliphatic rings. The number of carbonyl (C=O) groups is 2. The van der Waals surface area contributed by atoms with Crippen LogP contribution >= 0.6 is 0 Å². The highest BCUT2D eigenvalue weighted by molar-refractivity contribution is 5.99. The van der Waals surface area contributed by atoms with Gasteiger partial charge in [-0.15, -0.1) is 0 Å². The molecule has 1 atom stereocenters. The summed E-state index contributed by atoms with van der Waals surface area (Å²) in [5.74, 6) is -2.18. The number of carboxylic acids is 1. The highest BCUT2D eigenvalue weighted by Crippen LogP contribution is 2.38. The zero-order valence-corrected chi connectivity index (χ0v) is 13.8. The average molecular weight is 315 g/mol. The van der Waals surface area contributed by atoms with Crippen LogP contribution in [0.15, 0.2) is 46.8 Å². The second-order valence-corrected chi connectivity index (χ2v) is 5.57. The summed E-state index contributed by atoms with van der Waals surface area (Å²) in [6.07, 6.45) is 0. The minimum atomic E-state index is -1.05. The van der Waals surface area contributed by atoms with Gasteiger partial charge in [-0.05, 0) is 33.3 Å². The molecule has 5 nitrogen and oxygen atoms in total. The van der Waals surface area contributed by atoms with Crippen molar-refractivity contribution in [3.63, 3.8) is 0 Å². The Morgan fingerprint density at radius 3 is 2.17 bits per heavy atom. The molecule has 122 valence electrons. The van der Waals surface area contributed by atoms with Crippen molar-refractivity contribution < 1.29 is 19.4 Å². The lowest BCUT2D eigenvalue weighted by Crippen LogP contribution is -2.31. The number of dihydropyridines is 1. The smallest absolute Gasteiger partial charge is 0.336 e. The van der Waals surface area contributed by atoms with Gasteiger partial charge in [0.15, 0.2) is 0 Å². The van der Waals surface area contributed by atoms with Crippen LogP contribution in [-0.2, 0) is 14.3 Å². The molecule has 0 radical (unpaired) electrons. The van der Waals surface area contributed by atoms with Crippen LogP contribution in [0, 0.1) is 6.92 Å². The molecule has 0 amide bonds. The number of carbonyl (C=O) groups excluding carboxylic acids is 1. The number of nitrogens with one attached hydrogen (secondary N) is 1. The number of hydrogen-bond donors (Lipinski definition) is 2. The number of benzene rings is 1. The van der Waals surface area contributed by atoms with E-state index < -0.39 is 17.9 Å². The molecule has 0 fully saturated rings. The first-order valence-electron chi connectivity index (χ1n) is 7.52. The standard InChI is InChI=1S/C18H21NO4/c1-5-23-18(22)15-12(4)19-11(3)14(17(20)21)16(15)13-8-6-10(2)7-9-13/h6-9,16,19H,5H2,1-4H3,(H,20,21). The molecule has 2 N–H and O–H groups in total. The van der Waals surface area contributed by atoms with Crippen LogP contribution in [0.5, 0.6) is 0 Å². The fraction of sp³-hybridized carbons (Fsp3) is 0.333. The number of allylic oxidation sites excluding steroid dienone is 2. The molecule has 5 heteroatoms. The van der Waals surface area contributed by atoms with Crippen molar-refractivity contribution in [1.29, 1.82) is 0 Å². The van der Waals surface area contributed by atoms with E-state index in [-0.39, 0.29) is 12.2 Å². The van der Waals surface area contributed by atoms with Crippen molar-refractivity contribution >= 4 is 11.9 Å². The van der Waals surface area contributed by atoms with Gasteiger partial charge < -0.3 is 15.2 Å². The number of hydrogen-bond acceptors (Lipinski definition) is 4. The summed E-state index contributed by atoms with van der Waals surface area (Å²) >= 11 is 0. The van der Waals surface area contributed by atoms with Gasteiger partial charge in [0, 0.05) is 11.4 Å². The molecule has 0 saturated heterocycles. The van der Waals surface area contributed by atoms with Crippen LogP contribution in [0.3, 0.4) is 0 Å². The Labute approximate surface area is 135 Å². The van der Waals surface area contributed by atoms with Crippen molar-refractivity contribution in [2.75, 3.05) is 6.61 Å². The second-order valence-electron chi connectivity index (χ2n) is 5.57. The van der Waals surface area contributed by atoms with E-state index in [0.717, 1.165) is 11.1 Å². The van der Waals surface area contributed by atoms with Gasteiger partial charge in [-0.3, -0.25) is 0 Å².